The number of carbonyl (C=O) groups excluding carboxylic acids is 1. The summed E-state index contributed by atoms with van der Waals surface area (Å²) >= 11 is 0. The van der Waals surface area contributed by atoms with Crippen molar-refractivity contribution in [2.45, 2.75) is 13.0 Å². The van der Waals surface area contributed by atoms with Crippen LogP contribution in [-0.4, -0.2) is 73.6 Å². The van der Waals surface area contributed by atoms with Gasteiger partial charge in [-0.15, -0.1) is 0 Å². The number of nitrogens with zero attached hydrogens (tertiary/aromatic N) is 3. The van der Waals surface area contributed by atoms with Crippen LogP contribution in [0.5, 0.6) is 0 Å². The quantitative estimate of drug-likeness (QED) is 0.827. The van der Waals surface area contributed by atoms with Crippen LogP contribution in [0.4, 0.5) is 5.69 Å². The molecular weight excluding hydrogens is 266 g/mol. The highest BCUT2D eigenvalue weighted by Crippen LogP contribution is 2.13. The Morgan fingerprint density at radius 2 is 2.24 bits per heavy atom. The van der Waals surface area contributed by atoms with Gasteiger partial charge < -0.3 is 15.5 Å². The summed E-state index contributed by atoms with van der Waals surface area (Å²) in [5, 5.41) is 6.21. The Morgan fingerprint density at radius 1 is 1.43 bits per heavy atom. The Kier molecular flexibility index (Phi) is 5.52. The molecular formula is C15H25N5O. The summed E-state index contributed by atoms with van der Waals surface area (Å²) in [4.78, 5) is 21.0. The Balaban J connectivity index is 1.95. The molecule has 6 nitrogen and oxygen atoms in total. The first-order valence-corrected chi connectivity index (χ1v) is 7.46. The van der Waals surface area contributed by atoms with Crippen LogP contribution in [0.3, 0.4) is 0 Å². The van der Waals surface area contributed by atoms with E-state index in [2.05, 4.69) is 39.5 Å². The Labute approximate surface area is 126 Å². The largest absolute Gasteiger partial charge is 0.383 e. The second-order valence-electron chi connectivity index (χ2n) is 5.56. The van der Waals surface area contributed by atoms with Crippen molar-refractivity contribution >= 4 is 11.6 Å². The van der Waals surface area contributed by atoms with Gasteiger partial charge in [0.2, 0.25) is 0 Å². The van der Waals surface area contributed by atoms with Crippen molar-refractivity contribution in [3.8, 4) is 0 Å². The molecule has 1 aliphatic rings. The van der Waals surface area contributed by atoms with E-state index in [4.69, 9.17) is 0 Å². The average molecular weight is 291 g/mol. The van der Waals surface area contributed by atoms with Gasteiger partial charge in [0.05, 0.1) is 17.4 Å². The van der Waals surface area contributed by atoms with Gasteiger partial charge in [-0.25, -0.2) is 0 Å². The maximum absolute atomic E-state index is 12.4. The van der Waals surface area contributed by atoms with Crippen molar-refractivity contribution in [1.82, 2.24) is 20.1 Å². The first-order valence-electron chi connectivity index (χ1n) is 7.46. The molecule has 1 fully saturated rings. The number of hydrogen-bond acceptors (Lipinski definition) is 5. The molecule has 1 aliphatic heterocycles. The number of nitrogens with one attached hydrogen (secondary N) is 2. The molecule has 2 heterocycles. The fraction of sp³-hybridized carbons (Fsp3) is 0.600. The highest BCUT2D eigenvalue weighted by atomic mass is 16.1. The van der Waals surface area contributed by atoms with Crippen LogP contribution in [0.2, 0.25) is 0 Å². The van der Waals surface area contributed by atoms with E-state index in [0.717, 1.165) is 31.9 Å². The van der Waals surface area contributed by atoms with E-state index in [1.54, 1.807) is 18.5 Å². The molecule has 0 radical (unpaired) electrons. The first kappa shape index (κ1) is 15.7. The molecule has 0 aliphatic carbocycles. The normalized spacial score (nSPS) is 20.2. The van der Waals surface area contributed by atoms with Gasteiger partial charge in [-0.2, -0.15) is 0 Å². The van der Waals surface area contributed by atoms with Gasteiger partial charge in [-0.1, -0.05) is 0 Å². The molecule has 1 aromatic rings. The van der Waals surface area contributed by atoms with E-state index in [1.165, 1.54) is 0 Å². The van der Waals surface area contributed by atoms with E-state index in [-0.39, 0.29) is 5.91 Å². The van der Waals surface area contributed by atoms with Crippen LogP contribution >= 0.6 is 0 Å². The second kappa shape index (κ2) is 7.38. The zero-order chi connectivity index (χ0) is 15.2. The predicted molar refractivity (Wildman–Crippen MR) is 84.6 cm³/mol. The maximum Gasteiger partial charge on any atom is 0.253 e. The second-order valence-corrected chi connectivity index (χ2v) is 5.56. The monoisotopic (exact) mass is 291 g/mol. The topological polar surface area (TPSA) is 60.5 Å². The lowest BCUT2D eigenvalue weighted by Gasteiger charge is -2.37. The summed E-state index contributed by atoms with van der Waals surface area (Å²) < 4.78 is 0. The van der Waals surface area contributed by atoms with Crippen molar-refractivity contribution in [2.75, 3.05) is 52.1 Å². The third-order valence-corrected chi connectivity index (χ3v) is 3.91. The van der Waals surface area contributed by atoms with Crippen LogP contribution < -0.4 is 10.6 Å². The number of hydrogen-bond donors (Lipinski definition) is 2. The fourth-order valence-corrected chi connectivity index (χ4v) is 2.55. The molecule has 116 valence electrons. The standard InChI is InChI=1S/C15H25N5O/c1-4-17-14-10-16-6-5-13(14)15(21)18-9-12-11-19(2)7-8-20(12)3/h5-6,10,12,17H,4,7-9,11H2,1-3H3,(H,18,21). The molecule has 2 rings (SSSR count). The van der Waals surface area contributed by atoms with E-state index in [9.17, 15) is 4.79 Å². The van der Waals surface area contributed by atoms with Crippen molar-refractivity contribution in [2.24, 2.45) is 0 Å². The number of anilines is 1. The molecule has 1 saturated heterocycles. The van der Waals surface area contributed by atoms with Crippen molar-refractivity contribution in [3.63, 3.8) is 0 Å². The van der Waals surface area contributed by atoms with Gasteiger partial charge in [-0.05, 0) is 27.1 Å². The minimum absolute atomic E-state index is 0.0463. The van der Waals surface area contributed by atoms with Crippen molar-refractivity contribution in [3.05, 3.63) is 24.0 Å². The zero-order valence-electron chi connectivity index (χ0n) is 13.1. The predicted octanol–water partition coefficient (Wildman–Crippen LogP) is 0.489. The maximum atomic E-state index is 12.4. The highest BCUT2D eigenvalue weighted by molar-refractivity contribution is 5.99. The lowest BCUT2D eigenvalue weighted by atomic mass is 10.1. The third kappa shape index (κ3) is 4.15. The van der Waals surface area contributed by atoms with Gasteiger partial charge in [0.15, 0.2) is 0 Å². The molecule has 6 heteroatoms. The van der Waals surface area contributed by atoms with Gasteiger partial charge in [0, 0.05) is 45.0 Å². The van der Waals surface area contributed by atoms with E-state index >= 15 is 0 Å². The third-order valence-electron chi connectivity index (χ3n) is 3.91. The molecule has 1 atom stereocenters. The minimum atomic E-state index is -0.0463. The molecule has 1 amide bonds. The Bertz CT molecular complexity index is 479. The van der Waals surface area contributed by atoms with Gasteiger partial charge >= 0.3 is 0 Å². The van der Waals surface area contributed by atoms with E-state index < -0.39 is 0 Å². The lowest BCUT2D eigenvalue weighted by Crippen LogP contribution is -2.54. The van der Waals surface area contributed by atoms with Crippen LogP contribution in [0.15, 0.2) is 18.5 Å². The van der Waals surface area contributed by atoms with Crippen molar-refractivity contribution in [1.29, 1.82) is 0 Å². The fourth-order valence-electron chi connectivity index (χ4n) is 2.55. The van der Waals surface area contributed by atoms with Crippen LogP contribution in [0, 0.1) is 0 Å². The SMILES string of the molecule is CCNc1cnccc1C(=O)NCC1CN(C)CCN1C. The number of piperazine rings is 1. The molecule has 1 aromatic heterocycles. The highest BCUT2D eigenvalue weighted by Gasteiger charge is 2.23. The molecule has 0 spiro atoms. The number of pyridine rings is 1. The summed E-state index contributed by atoms with van der Waals surface area (Å²) in [7, 11) is 4.23. The van der Waals surface area contributed by atoms with Gasteiger partial charge in [-0.3, -0.25) is 14.7 Å². The van der Waals surface area contributed by atoms with Gasteiger partial charge in [0.25, 0.3) is 5.91 Å². The number of aromatic nitrogens is 1. The Morgan fingerprint density at radius 3 is 3.00 bits per heavy atom. The molecule has 21 heavy (non-hydrogen) atoms. The number of carbonyl (C=O) groups is 1. The van der Waals surface area contributed by atoms with Crippen LogP contribution in [-0.2, 0) is 0 Å². The van der Waals surface area contributed by atoms with E-state index in [1.807, 2.05) is 6.92 Å². The summed E-state index contributed by atoms with van der Waals surface area (Å²) in [6.07, 6.45) is 3.34. The minimum Gasteiger partial charge on any atom is -0.383 e. The molecule has 0 bridgehead atoms. The summed E-state index contributed by atoms with van der Waals surface area (Å²) in [6, 6.07) is 2.11. The van der Waals surface area contributed by atoms with Crippen LogP contribution in [0.25, 0.3) is 0 Å². The van der Waals surface area contributed by atoms with Gasteiger partial charge in [0.1, 0.15) is 0 Å². The molecule has 0 aromatic carbocycles. The number of rotatable bonds is 5. The smallest absolute Gasteiger partial charge is 0.253 e. The molecule has 0 saturated carbocycles. The van der Waals surface area contributed by atoms with Crippen LogP contribution in [0.1, 0.15) is 17.3 Å². The number of likely N-dealkylation sites (N-methyl/N-ethyl adjacent to an activating group) is 2. The summed E-state index contributed by atoms with van der Waals surface area (Å²) in [5.41, 5.74) is 1.44. The summed E-state index contributed by atoms with van der Waals surface area (Å²) in [5.74, 6) is -0.0463. The van der Waals surface area contributed by atoms with Crippen molar-refractivity contribution < 1.29 is 4.79 Å². The molecule has 2 N–H and O–H groups in total. The summed E-state index contributed by atoms with van der Waals surface area (Å²) in [6.45, 7) is 6.52. The zero-order valence-corrected chi connectivity index (χ0v) is 13.1. The Hall–Kier alpha value is -1.66. The lowest BCUT2D eigenvalue weighted by molar-refractivity contribution is 0.0882. The average Bonchev–Trinajstić information content (AvgIpc) is 2.49. The number of amides is 1. The van der Waals surface area contributed by atoms with E-state index in [0.29, 0.717) is 18.2 Å². The first-order chi connectivity index (χ1) is 10.1. The molecule has 1 unspecified atom stereocenters.